The van der Waals surface area contributed by atoms with Gasteiger partial charge in [0.05, 0.1) is 0 Å². The number of rotatable bonds is 5. The fourth-order valence-electron chi connectivity index (χ4n) is 2.36. The van der Waals surface area contributed by atoms with Gasteiger partial charge in [0.25, 0.3) is 5.91 Å². The fourth-order valence-corrected chi connectivity index (χ4v) is 2.36. The molecule has 0 atom stereocenters. The predicted octanol–water partition coefficient (Wildman–Crippen LogP) is 3.18. The summed E-state index contributed by atoms with van der Waals surface area (Å²) in [5.41, 5.74) is 2.25. The summed E-state index contributed by atoms with van der Waals surface area (Å²) in [6.07, 6.45) is 2.06. The van der Waals surface area contributed by atoms with Crippen LogP contribution in [0.4, 0.5) is 21.9 Å². The first-order valence-corrected chi connectivity index (χ1v) is 8.36. The number of hydrogen-bond donors (Lipinski definition) is 4. The molecule has 3 rings (SSSR count). The molecule has 26 heavy (non-hydrogen) atoms. The van der Waals surface area contributed by atoms with Crippen LogP contribution in [0.1, 0.15) is 30.1 Å². The van der Waals surface area contributed by atoms with E-state index in [2.05, 4.69) is 21.3 Å². The molecule has 4 amide bonds. The van der Waals surface area contributed by atoms with Gasteiger partial charge in [-0.25, -0.2) is 4.79 Å². The van der Waals surface area contributed by atoms with Gasteiger partial charge in [0, 0.05) is 35.6 Å². The van der Waals surface area contributed by atoms with E-state index in [4.69, 9.17) is 0 Å². The van der Waals surface area contributed by atoms with E-state index in [1.807, 2.05) is 0 Å². The van der Waals surface area contributed by atoms with E-state index in [0.29, 0.717) is 28.7 Å². The topological polar surface area (TPSA) is 99.3 Å². The Morgan fingerprint density at radius 1 is 0.846 bits per heavy atom. The van der Waals surface area contributed by atoms with Crippen LogP contribution in [0.25, 0.3) is 0 Å². The summed E-state index contributed by atoms with van der Waals surface area (Å²) in [4.78, 5) is 35.1. The van der Waals surface area contributed by atoms with Gasteiger partial charge in [-0.1, -0.05) is 6.07 Å². The summed E-state index contributed by atoms with van der Waals surface area (Å²) in [5, 5.41) is 11.0. The number of urea groups is 1. The summed E-state index contributed by atoms with van der Waals surface area (Å²) in [6.45, 7) is 1.41. The lowest BCUT2D eigenvalue weighted by atomic mass is 10.1. The molecule has 0 unspecified atom stereocenters. The highest BCUT2D eigenvalue weighted by atomic mass is 16.2. The Labute approximate surface area is 151 Å². The van der Waals surface area contributed by atoms with E-state index in [1.54, 1.807) is 48.5 Å². The van der Waals surface area contributed by atoms with Crippen molar-refractivity contribution in [3.05, 3.63) is 54.1 Å². The fraction of sp³-hybridized carbons (Fsp3) is 0.211. The van der Waals surface area contributed by atoms with Crippen LogP contribution in [0, 0.1) is 0 Å². The molecular weight excluding hydrogens is 332 g/mol. The van der Waals surface area contributed by atoms with Crippen LogP contribution in [0.5, 0.6) is 0 Å². The maximum absolute atomic E-state index is 12.3. The van der Waals surface area contributed by atoms with E-state index in [1.165, 1.54) is 6.92 Å². The first-order valence-electron chi connectivity index (χ1n) is 8.36. The monoisotopic (exact) mass is 352 g/mol. The van der Waals surface area contributed by atoms with Gasteiger partial charge in [-0.3, -0.25) is 9.59 Å². The maximum atomic E-state index is 12.3. The van der Waals surface area contributed by atoms with Gasteiger partial charge in [-0.15, -0.1) is 0 Å². The highest BCUT2D eigenvalue weighted by Gasteiger charge is 2.23. The van der Waals surface area contributed by atoms with Gasteiger partial charge >= 0.3 is 6.03 Å². The summed E-state index contributed by atoms with van der Waals surface area (Å²) in [7, 11) is 0. The van der Waals surface area contributed by atoms with Crippen molar-refractivity contribution in [3.8, 4) is 0 Å². The lowest BCUT2D eigenvalue weighted by molar-refractivity contribution is -0.114. The van der Waals surface area contributed by atoms with Gasteiger partial charge in [-0.05, 0) is 55.3 Å². The van der Waals surface area contributed by atoms with Crippen LogP contribution in [-0.4, -0.2) is 23.9 Å². The summed E-state index contributed by atoms with van der Waals surface area (Å²) < 4.78 is 0. The molecule has 0 bridgehead atoms. The van der Waals surface area contributed by atoms with E-state index < -0.39 is 0 Å². The van der Waals surface area contributed by atoms with E-state index in [0.717, 1.165) is 12.8 Å². The van der Waals surface area contributed by atoms with Crippen LogP contribution in [0.2, 0.25) is 0 Å². The molecule has 7 nitrogen and oxygen atoms in total. The largest absolute Gasteiger partial charge is 0.335 e. The van der Waals surface area contributed by atoms with E-state index >= 15 is 0 Å². The molecule has 1 fully saturated rings. The second-order valence-corrected chi connectivity index (χ2v) is 6.17. The average Bonchev–Trinajstić information content (AvgIpc) is 3.40. The van der Waals surface area contributed by atoms with Crippen LogP contribution in [0.15, 0.2) is 48.5 Å². The highest BCUT2D eigenvalue weighted by molar-refractivity contribution is 6.05. The number of anilines is 3. The number of carbonyl (C=O) groups is 3. The normalized spacial score (nSPS) is 12.8. The second kappa shape index (κ2) is 7.69. The lowest BCUT2D eigenvalue weighted by Gasteiger charge is -2.09. The third-order valence-corrected chi connectivity index (χ3v) is 3.76. The zero-order valence-corrected chi connectivity index (χ0v) is 14.3. The predicted molar refractivity (Wildman–Crippen MR) is 100 cm³/mol. The van der Waals surface area contributed by atoms with Crippen LogP contribution >= 0.6 is 0 Å². The Morgan fingerprint density at radius 3 is 2.12 bits per heavy atom. The molecular formula is C19H20N4O3. The number of carbonyl (C=O) groups excluding carboxylic acids is 3. The molecule has 0 heterocycles. The third-order valence-electron chi connectivity index (χ3n) is 3.76. The molecule has 2 aromatic carbocycles. The molecule has 0 saturated heterocycles. The van der Waals surface area contributed by atoms with Crippen molar-refractivity contribution >= 4 is 34.9 Å². The van der Waals surface area contributed by atoms with Crippen molar-refractivity contribution in [2.75, 3.05) is 16.0 Å². The maximum Gasteiger partial charge on any atom is 0.319 e. The van der Waals surface area contributed by atoms with Crippen molar-refractivity contribution < 1.29 is 14.4 Å². The second-order valence-electron chi connectivity index (χ2n) is 6.17. The van der Waals surface area contributed by atoms with E-state index in [-0.39, 0.29) is 17.8 Å². The molecule has 1 saturated carbocycles. The first kappa shape index (κ1) is 17.5. The van der Waals surface area contributed by atoms with Crippen molar-refractivity contribution in [2.45, 2.75) is 25.8 Å². The molecule has 7 heteroatoms. The minimum absolute atomic E-state index is 0.198. The zero-order valence-electron chi connectivity index (χ0n) is 14.3. The van der Waals surface area contributed by atoms with Crippen LogP contribution < -0.4 is 21.3 Å². The molecule has 0 spiro atoms. The molecule has 4 N–H and O–H groups in total. The smallest absolute Gasteiger partial charge is 0.319 e. The van der Waals surface area contributed by atoms with Crippen LogP contribution in [0.3, 0.4) is 0 Å². The number of amides is 4. The molecule has 2 aromatic rings. The Morgan fingerprint density at radius 2 is 1.50 bits per heavy atom. The Kier molecular flexibility index (Phi) is 5.17. The van der Waals surface area contributed by atoms with Gasteiger partial charge < -0.3 is 21.3 Å². The van der Waals surface area contributed by atoms with Crippen molar-refractivity contribution in [3.63, 3.8) is 0 Å². The zero-order chi connectivity index (χ0) is 18.5. The Balaban J connectivity index is 1.58. The molecule has 134 valence electrons. The first-order chi connectivity index (χ1) is 12.5. The molecule has 0 aliphatic heterocycles. The van der Waals surface area contributed by atoms with E-state index in [9.17, 15) is 14.4 Å². The third kappa shape index (κ3) is 5.07. The molecule has 1 aliphatic carbocycles. The van der Waals surface area contributed by atoms with Gasteiger partial charge in [0.2, 0.25) is 5.91 Å². The summed E-state index contributed by atoms with van der Waals surface area (Å²) >= 11 is 0. The summed E-state index contributed by atoms with van der Waals surface area (Å²) in [5.74, 6) is -0.485. The van der Waals surface area contributed by atoms with Crippen LogP contribution in [-0.2, 0) is 4.79 Å². The Bertz CT molecular complexity index is 829. The highest BCUT2D eigenvalue weighted by Crippen LogP contribution is 2.19. The minimum atomic E-state index is -0.288. The van der Waals surface area contributed by atoms with Gasteiger partial charge in [0.1, 0.15) is 0 Å². The van der Waals surface area contributed by atoms with Crippen molar-refractivity contribution in [1.29, 1.82) is 0 Å². The standard InChI is InChI=1S/C19H20N4O3/c1-12(24)20-17-4-2-3-13(11-17)18(25)21-14-5-7-15(8-6-14)22-19(26)23-16-9-10-16/h2-8,11,16H,9-10H2,1H3,(H,20,24)(H,21,25)(H2,22,23,26). The molecule has 0 radical (unpaired) electrons. The number of hydrogen-bond acceptors (Lipinski definition) is 3. The van der Waals surface area contributed by atoms with Crippen molar-refractivity contribution in [2.24, 2.45) is 0 Å². The van der Waals surface area contributed by atoms with Gasteiger partial charge in [-0.2, -0.15) is 0 Å². The minimum Gasteiger partial charge on any atom is -0.335 e. The number of benzene rings is 2. The Hall–Kier alpha value is -3.35. The number of nitrogens with one attached hydrogen (secondary N) is 4. The lowest BCUT2D eigenvalue weighted by Crippen LogP contribution is -2.30. The van der Waals surface area contributed by atoms with Crippen molar-refractivity contribution in [1.82, 2.24) is 5.32 Å². The van der Waals surface area contributed by atoms with Gasteiger partial charge in [0.15, 0.2) is 0 Å². The quantitative estimate of drug-likeness (QED) is 0.665. The summed E-state index contributed by atoms with van der Waals surface area (Å²) in [6, 6.07) is 13.6. The molecule has 0 aromatic heterocycles. The SMILES string of the molecule is CC(=O)Nc1cccc(C(=O)Nc2ccc(NC(=O)NC3CC3)cc2)c1. The average molecular weight is 352 g/mol. The molecule has 1 aliphatic rings.